The van der Waals surface area contributed by atoms with Crippen molar-refractivity contribution in [3.63, 3.8) is 0 Å². The topological polar surface area (TPSA) is 0 Å². The molecule has 0 spiro atoms. The van der Waals surface area contributed by atoms with Gasteiger partial charge in [0.2, 0.25) is 0 Å². The Bertz CT molecular complexity index is 293. The summed E-state index contributed by atoms with van der Waals surface area (Å²) in [6.45, 7) is 6.84. The number of hydrogen-bond acceptors (Lipinski definition) is 1. The highest BCUT2D eigenvalue weighted by Gasteiger charge is 2.17. The molecule has 0 aliphatic carbocycles. The van der Waals surface area contributed by atoms with Crippen LogP contribution in [0, 0.1) is 12.8 Å². The smallest absolute Gasteiger partial charge is 0.00951 e. The molecule has 2 atom stereocenters. The van der Waals surface area contributed by atoms with Crippen LogP contribution in [0.15, 0.2) is 24.3 Å². The highest BCUT2D eigenvalue weighted by atomic mass is 32.1. The van der Waals surface area contributed by atoms with Crippen LogP contribution in [-0.4, -0.2) is 5.75 Å². The summed E-state index contributed by atoms with van der Waals surface area (Å²) in [5.41, 5.74) is 2.92. The number of rotatable bonds is 5. The van der Waals surface area contributed by atoms with E-state index in [2.05, 4.69) is 57.7 Å². The van der Waals surface area contributed by atoms with Gasteiger partial charge in [-0.1, -0.05) is 44.5 Å². The molecule has 0 saturated carbocycles. The van der Waals surface area contributed by atoms with Crippen LogP contribution in [0.2, 0.25) is 0 Å². The van der Waals surface area contributed by atoms with Crippen molar-refractivity contribution in [1.29, 1.82) is 0 Å². The lowest BCUT2D eigenvalue weighted by atomic mass is 9.82. The lowest BCUT2D eigenvalue weighted by molar-refractivity contribution is 0.421. The van der Waals surface area contributed by atoms with Crippen molar-refractivity contribution in [2.24, 2.45) is 5.92 Å². The summed E-state index contributed by atoms with van der Waals surface area (Å²) in [7, 11) is 0. The zero-order valence-corrected chi connectivity index (χ0v) is 10.9. The van der Waals surface area contributed by atoms with E-state index in [0.29, 0.717) is 5.92 Å². The Kier molecular flexibility index (Phi) is 5.24. The van der Waals surface area contributed by atoms with E-state index in [1.807, 2.05) is 0 Å². The highest BCUT2D eigenvalue weighted by Crippen LogP contribution is 2.31. The third-order valence-electron chi connectivity index (χ3n) is 3.41. The first kappa shape index (κ1) is 12.6. The quantitative estimate of drug-likeness (QED) is 0.699. The van der Waals surface area contributed by atoms with Crippen LogP contribution in [0.5, 0.6) is 0 Å². The van der Waals surface area contributed by atoms with Crippen molar-refractivity contribution >= 4 is 12.6 Å². The lowest BCUT2D eigenvalue weighted by Gasteiger charge is -2.24. The molecular weight excluding hydrogens is 200 g/mol. The van der Waals surface area contributed by atoms with Crippen molar-refractivity contribution in [1.82, 2.24) is 0 Å². The van der Waals surface area contributed by atoms with Crippen LogP contribution in [0.4, 0.5) is 0 Å². The van der Waals surface area contributed by atoms with Gasteiger partial charge in [0.1, 0.15) is 0 Å². The maximum atomic E-state index is 4.35. The second-order valence-electron chi connectivity index (χ2n) is 4.33. The van der Waals surface area contributed by atoms with Gasteiger partial charge in [0.05, 0.1) is 0 Å². The first-order chi connectivity index (χ1) is 7.20. The van der Waals surface area contributed by atoms with Crippen LogP contribution >= 0.6 is 12.6 Å². The molecule has 0 N–H and O–H groups in total. The average Bonchev–Trinajstić information content (AvgIpc) is 2.25. The van der Waals surface area contributed by atoms with Crippen LogP contribution < -0.4 is 0 Å². The van der Waals surface area contributed by atoms with Crippen molar-refractivity contribution in [3.8, 4) is 0 Å². The Morgan fingerprint density at radius 1 is 1.27 bits per heavy atom. The molecular formula is C14H22S. The molecule has 0 nitrogen and oxygen atoms in total. The molecule has 0 heterocycles. The predicted octanol–water partition coefficient (Wildman–Crippen LogP) is 4.44. The molecule has 0 aliphatic rings. The summed E-state index contributed by atoms with van der Waals surface area (Å²) in [6, 6.07) is 8.73. The number of aryl methyl sites for hydroxylation is 1. The standard InChI is InChI=1S/C14H22S/c1-4-13(9-10-15)12(3)14-8-6-5-7-11(14)2/h5-8,12-13,15H,4,9-10H2,1-3H3. The Balaban J connectivity index is 2.82. The molecule has 2 unspecified atom stereocenters. The fraction of sp³-hybridized carbons (Fsp3) is 0.571. The van der Waals surface area contributed by atoms with Gasteiger partial charge in [0, 0.05) is 0 Å². The largest absolute Gasteiger partial charge is 0.179 e. The van der Waals surface area contributed by atoms with E-state index in [-0.39, 0.29) is 0 Å². The monoisotopic (exact) mass is 222 g/mol. The van der Waals surface area contributed by atoms with Crippen LogP contribution in [0.1, 0.15) is 43.7 Å². The summed E-state index contributed by atoms with van der Waals surface area (Å²) in [5, 5.41) is 0. The van der Waals surface area contributed by atoms with Crippen molar-refractivity contribution in [3.05, 3.63) is 35.4 Å². The minimum atomic E-state index is 0.656. The van der Waals surface area contributed by atoms with Crippen LogP contribution in [-0.2, 0) is 0 Å². The summed E-state index contributed by atoms with van der Waals surface area (Å²) in [4.78, 5) is 0. The molecule has 1 aromatic rings. The maximum absolute atomic E-state index is 4.35. The first-order valence-corrected chi connectivity index (χ1v) is 6.50. The average molecular weight is 222 g/mol. The minimum Gasteiger partial charge on any atom is -0.179 e. The zero-order valence-electron chi connectivity index (χ0n) is 10.0. The third-order valence-corrected chi connectivity index (χ3v) is 3.67. The van der Waals surface area contributed by atoms with Gasteiger partial charge in [-0.15, -0.1) is 0 Å². The van der Waals surface area contributed by atoms with Crippen molar-refractivity contribution in [2.45, 2.75) is 39.5 Å². The molecule has 1 aromatic carbocycles. The highest BCUT2D eigenvalue weighted by molar-refractivity contribution is 7.80. The Hall–Kier alpha value is -0.430. The molecule has 84 valence electrons. The molecule has 1 heteroatoms. The summed E-state index contributed by atoms with van der Waals surface area (Å²) in [5.74, 6) is 2.42. The molecule has 0 aromatic heterocycles. The van der Waals surface area contributed by atoms with Gasteiger partial charge in [-0.2, -0.15) is 12.6 Å². The first-order valence-electron chi connectivity index (χ1n) is 5.87. The summed E-state index contributed by atoms with van der Waals surface area (Å²) < 4.78 is 0. The zero-order chi connectivity index (χ0) is 11.3. The van der Waals surface area contributed by atoms with Gasteiger partial charge in [-0.05, 0) is 42.1 Å². The fourth-order valence-corrected chi connectivity index (χ4v) is 2.66. The van der Waals surface area contributed by atoms with E-state index in [1.165, 1.54) is 24.0 Å². The molecule has 0 saturated heterocycles. The third kappa shape index (κ3) is 3.27. The van der Waals surface area contributed by atoms with Gasteiger partial charge < -0.3 is 0 Å². The lowest BCUT2D eigenvalue weighted by Crippen LogP contribution is -2.11. The summed E-state index contributed by atoms with van der Waals surface area (Å²) in [6.07, 6.45) is 2.46. The maximum Gasteiger partial charge on any atom is -0.00951 e. The molecule has 15 heavy (non-hydrogen) atoms. The molecule has 0 amide bonds. The fourth-order valence-electron chi connectivity index (χ4n) is 2.33. The number of thiol groups is 1. The molecule has 0 radical (unpaired) electrons. The predicted molar refractivity (Wildman–Crippen MR) is 71.8 cm³/mol. The SMILES string of the molecule is CCC(CCS)C(C)c1ccccc1C. The van der Waals surface area contributed by atoms with Crippen molar-refractivity contribution in [2.75, 3.05) is 5.75 Å². The van der Waals surface area contributed by atoms with Gasteiger partial charge >= 0.3 is 0 Å². The van der Waals surface area contributed by atoms with E-state index >= 15 is 0 Å². The van der Waals surface area contributed by atoms with E-state index in [4.69, 9.17) is 0 Å². The van der Waals surface area contributed by atoms with Gasteiger partial charge in [-0.3, -0.25) is 0 Å². The second-order valence-corrected chi connectivity index (χ2v) is 4.77. The molecule has 0 bridgehead atoms. The normalized spacial score (nSPS) is 14.9. The number of hydrogen-bond donors (Lipinski definition) is 1. The van der Waals surface area contributed by atoms with Gasteiger partial charge in [0.25, 0.3) is 0 Å². The van der Waals surface area contributed by atoms with E-state index in [9.17, 15) is 0 Å². The van der Waals surface area contributed by atoms with Crippen molar-refractivity contribution < 1.29 is 0 Å². The van der Waals surface area contributed by atoms with E-state index < -0.39 is 0 Å². The Morgan fingerprint density at radius 3 is 2.47 bits per heavy atom. The van der Waals surface area contributed by atoms with E-state index in [0.717, 1.165) is 11.7 Å². The Labute approximate surface area is 99.5 Å². The molecule has 0 fully saturated rings. The minimum absolute atomic E-state index is 0.656. The van der Waals surface area contributed by atoms with Gasteiger partial charge in [-0.25, -0.2) is 0 Å². The molecule has 1 rings (SSSR count). The number of benzene rings is 1. The van der Waals surface area contributed by atoms with E-state index in [1.54, 1.807) is 0 Å². The van der Waals surface area contributed by atoms with Crippen LogP contribution in [0.3, 0.4) is 0 Å². The van der Waals surface area contributed by atoms with Crippen LogP contribution in [0.25, 0.3) is 0 Å². The second kappa shape index (κ2) is 6.22. The van der Waals surface area contributed by atoms with Gasteiger partial charge in [0.15, 0.2) is 0 Å². The summed E-state index contributed by atoms with van der Waals surface area (Å²) >= 11 is 4.35. The Morgan fingerprint density at radius 2 is 1.93 bits per heavy atom. The molecule has 0 aliphatic heterocycles.